The number of ether oxygens (including phenoxy) is 1. The van der Waals surface area contributed by atoms with Crippen molar-refractivity contribution < 1.29 is 14.2 Å². The summed E-state index contributed by atoms with van der Waals surface area (Å²) in [7, 11) is 0. The Morgan fingerprint density at radius 2 is 1.96 bits per heavy atom. The summed E-state index contributed by atoms with van der Waals surface area (Å²) in [4.78, 5) is 12.6. The van der Waals surface area contributed by atoms with Gasteiger partial charge in [0.25, 0.3) is 5.91 Å². The van der Waals surface area contributed by atoms with Gasteiger partial charge in [0.2, 0.25) is 5.82 Å². The summed E-state index contributed by atoms with van der Waals surface area (Å²) in [6.07, 6.45) is 0. The van der Waals surface area contributed by atoms with Gasteiger partial charge < -0.3 is 10.1 Å². The second kappa shape index (κ2) is 7.17. The number of para-hydroxylation sites is 1. The standard InChI is InChI=1S/C19H19N3O3/c1-4-24-16-8-6-5-7-14(16)19(23)20-18-17(21-25-22-18)15-11-12(2)9-10-13(15)3/h5-11H,4H2,1-3H3,(H,20,22,23). The molecule has 6 heteroatoms. The fraction of sp³-hybridized carbons (Fsp3) is 0.211. The van der Waals surface area contributed by atoms with Gasteiger partial charge in [-0.2, -0.15) is 0 Å². The number of benzene rings is 2. The molecule has 1 amide bonds. The van der Waals surface area contributed by atoms with Gasteiger partial charge in [-0.3, -0.25) is 4.79 Å². The second-order valence-corrected chi connectivity index (χ2v) is 5.66. The van der Waals surface area contributed by atoms with Crippen molar-refractivity contribution in [2.24, 2.45) is 0 Å². The number of aryl methyl sites for hydroxylation is 2. The average Bonchev–Trinajstić information content (AvgIpc) is 3.05. The Hall–Kier alpha value is -3.15. The van der Waals surface area contributed by atoms with Gasteiger partial charge in [-0.25, -0.2) is 4.63 Å². The van der Waals surface area contributed by atoms with Crippen molar-refractivity contribution in [3.8, 4) is 17.0 Å². The van der Waals surface area contributed by atoms with Gasteiger partial charge in [-0.1, -0.05) is 29.8 Å². The molecule has 0 saturated heterocycles. The zero-order valence-corrected chi connectivity index (χ0v) is 14.4. The molecule has 25 heavy (non-hydrogen) atoms. The average molecular weight is 337 g/mol. The zero-order chi connectivity index (χ0) is 17.8. The minimum atomic E-state index is -0.327. The lowest BCUT2D eigenvalue weighted by Crippen LogP contribution is -2.14. The van der Waals surface area contributed by atoms with E-state index in [1.165, 1.54) is 0 Å². The van der Waals surface area contributed by atoms with Gasteiger partial charge in [-0.15, -0.1) is 0 Å². The predicted octanol–water partition coefficient (Wildman–Crippen LogP) is 4.00. The Labute approximate surface area is 145 Å². The Morgan fingerprint density at radius 1 is 1.16 bits per heavy atom. The molecule has 1 heterocycles. The Morgan fingerprint density at radius 3 is 2.76 bits per heavy atom. The number of carbonyl (C=O) groups is 1. The predicted molar refractivity (Wildman–Crippen MR) is 94.8 cm³/mol. The van der Waals surface area contributed by atoms with Gasteiger partial charge >= 0.3 is 0 Å². The van der Waals surface area contributed by atoms with E-state index < -0.39 is 0 Å². The first-order valence-corrected chi connectivity index (χ1v) is 8.03. The molecule has 0 aliphatic heterocycles. The van der Waals surface area contributed by atoms with Crippen molar-refractivity contribution in [1.29, 1.82) is 0 Å². The molecule has 0 fully saturated rings. The molecule has 0 atom stereocenters. The molecule has 128 valence electrons. The highest BCUT2D eigenvalue weighted by atomic mass is 16.6. The number of amides is 1. The number of rotatable bonds is 5. The number of anilines is 1. The molecule has 0 unspecified atom stereocenters. The van der Waals surface area contributed by atoms with Gasteiger partial charge in [0.05, 0.1) is 12.2 Å². The third-order valence-corrected chi connectivity index (χ3v) is 3.80. The van der Waals surface area contributed by atoms with Crippen molar-refractivity contribution in [3.63, 3.8) is 0 Å². The minimum Gasteiger partial charge on any atom is -0.493 e. The highest BCUT2D eigenvalue weighted by Crippen LogP contribution is 2.29. The molecule has 3 rings (SSSR count). The summed E-state index contributed by atoms with van der Waals surface area (Å²) < 4.78 is 10.4. The van der Waals surface area contributed by atoms with Crippen LogP contribution < -0.4 is 10.1 Å². The van der Waals surface area contributed by atoms with Crippen LogP contribution in [0.2, 0.25) is 0 Å². The van der Waals surface area contributed by atoms with Crippen LogP contribution in [-0.2, 0) is 0 Å². The highest BCUT2D eigenvalue weighted by Gasteiger charge is 2.19. The van der Waals surface area contributed by atoms with E-state index in [-0.39, 0.29) is 11.7 Å². The molecule has 0 saturated carbocycles. The molecule has 0 aliphatic carbocycles. The van der Waals surface area contributed by atoms with E-state index in [2.05, 4.69) is 15.6 Å². The summed E-state index contributed by atoms with van der Waals surface area (Å²) in [5.41, 5.74) is 3.91. The molecular formula is C19H19N3O3. The number of hydrogen-bond acceptors (Lipinski definition) is 5. The van der Waals surface area contributed by atoms with Crippen molar-refractivity contribution in [3.05, 3.63) is 59.2 Å². The SMILES string of the molecule is CCOc1ccccc1C(=O)Nc1nonc1-c1cc(C)ccc1C. The number of nitrogens with one attached hydrogen (secondary N) is 1. The number of carbonyl (C=O) groups excluding carboxylic acids is 1. The fourth-order valence-corrected chi connectivity index (χ4v) is 2.55. The molecule has 1 aromatic heterocycles. The summed E-state index contributed by atoms with van der Waals surface area (Å²) in [5, 5.41) is 10.6. The third kappa shape index (κ3) is 3.52. The molecule has 3 aromatic rings. The summed E-state index contributed by atoms with van der Waals surface area (Å²) >= 11 is 0. The van der Waals surface area contributed by atoms with E-state index in [4.69, 9.17) is 9.37 Å². The van der Waals surface area contributed by atoms with Crippen LogP contribution in [0.1, 0.15) is 28.4 Å². The maximum Gasteiger partial charge on any atom is 0.260 e. The van der Waals surface area contributed by atoms with Gasteiger partial charge in [-0.05, 0) is 54.8 Å². The van der Waals surface area contributed by atoms with E-state index in [0.29, 0.717) is 23.6 Å². The molecule has 0 bridgehead atoms. The molecule has 0 aliphatic rings. The first-order chi connectivity index (χ1) is 12.1. The minimum absolute atomic E-state index is 0.282. The van der Waals surface area contributed by atoms with Crippen molar-refractivity contribution in [2.45, 2.75) is 20.8 Å². The van der Waals surface area contributed by atoms with Crippen LogP contribution in [0.25, 0.3) is 11.3 Å². The summed E-state index contributed by atoms with van der Waals surface area (Å²) in [5.74, 6) is 0.476. The van der Waals surface area contributed by atoms with E-state index >= 15 is 0 Å². The molecule has 2 aromatic carbocycles. The molecule has 1 N–H and O–H groups in total. The van der Waals surface area contributed by atoms with Crippen LogP contribution in [0.15, 0.2) is 47.1 Å². The van der Waals surface area contributed by atoms with Crippen LogP contribution in [0, 0.1) is 13.8 Å². The Balaban J connectivity index is 1.92. The lowest BCUT2D eigenvalue weighted by atomic mass is 10.0. The molecule has 0 spiro atoms. The lowest BCUT2D eigenvalue weighted by molar-refractivity contribution is 0.102. The van der Waals surface area contributed by atoms with Gasteiger partial charge in [0.1, 0.15) is 5.75 Å². The van der Waals surface area contributed by atoms with Crippen LogP contribution in [0.5, 0.6) is 5.75 Å². The third-order valence-electron chi connectivity index (χ3n) is 3.80. The fourth-order valence-electron chi connectivity index (χ4n) is 2.55. The van der Waals surface area contributed by atoms with Crippen molar-refractivity contribution in [2.75, 3.05) is 11.9 Å². The monoisotopic (exact) mass is 337 g/mol. The van der Waals surface area contributed by atoms with E-state index in [1.807, 2.05) is 45.0 Å². The first kappa shape index (κ1) is 16.7. The van der Waals surface area contributed by atoms with Crippen LogP contribution in [0.3, 0.4) is 0 Å². The van der Waals surface area contributed by atoms with Gasteiger partial charge in [0, 0.05) is 5.56 Å². The molecule has 6 nitrogen and oxygen atoms in total. The van der Waals surface area contributed by atoms with E-state index in [1.54, 1.807) is 18.2 Å². The summed E-state index contributed by atoms with van der Waals surface area (Å²) in [6, 6.07) is 13.1. The Bertz CT molecular complexity index is 902. The number of nitrogens with zero attached hydrogens (tertiary/aromatic N) is 2. The lowest BCUT2D eigenvalue weighted by Gasteiger charge is -2.10. The van der Waals surface area contributed by atoms with Gasteiger partial charge in [0.15, 0.2) is 5.69 Å². The largest absolute Gasteiger partial charge is 0.493 e. The normalized spacial score (nSPS) is 10.5. The maximum atomic E-state index is 12.6. The topological polar surface area (TPSA) is 77.2 Å². The molecule has 0 radical (unpaired) electrons. The van der Waals surface area contributed by atoms with Crippen LogP contribution >= 0.6 is 0 Å². The van der Waals surface area contributed by atoms with Crippen LogP contribution in [-0.4, -0.2) is 22.8 Å². The first-order valence-electron chi connectivity index (χ1n) is 8.03. The maximum absolute atomic E-state index is 12.6. The highest BCUT2D eigenvalue weighted by molar-refractivity contribution is 6.07. The van der Waals surface area contributed by atoms with E-state index in [0.717, 1.165) is 16.7 Å². The van der Waals surface area contributed by atoms with Crippen molar-refractivity contribution >= 4 is 11.7 Å². The zero-order valence-electron chi connectivity index (χ0n) is 14.4. The number of aromatic nitrogens is 2. The van der Waals surface area contributed by atoms with Crippen molar-refractivity contribution in [1.82, 2.24) is 10.3 Å². The smallest absolute Gasteiger partial charge is 0.260 e. The number of hydrogen-bond donors (Lipinski definition) is 1. The Kier molecular flexibility index (Phi) is 4.79. The van der Waals surface area contributed by atoms with E-state index in [9.17, 15) is 4.79 Å². The molecular weight excluding hydrogens is 318 g/mol. The second-order valence-electron chi connectivity index (χ2n) is 5.66. The van der Waals surface area contributed by atoms with Crippen LogP contribution in [0.4, 0.5) is 5.82 Å². The quantitative estimate of drug-likeness (QED) is 0.761. The summed E-state index contributed by atoms with van der Waals surface area (Å²) in [6.45, 7) is 6.31.